The van der Waals surface area contributed by atoms with Crippen LogP contribution >= 0.6 is 11.8 Å². The van der Waals surface area contributed by atoms with Crippen molar-refractivity contribution >= 4 is 23.5 Å². The minimum atomic E-state index is -0.943. The van der Waals surface area contributed by atoms with Gasteiger partial charge in [0.1, 0.15) is 5.41 Å². The second-order valence-corrected chi connectivity index (χ2v) is 3.97. The summed E-state index contributed by atoms with van der Waals surface area (Å²) in [6.45, 7) is 3.55. The fourth-order valence-electron chi connectivity index (χ4n) is 1.41. The minimum Gasteiger partial charge on any atom is -0.468 e. The van der Waals surface area contributed by atoms with E-state index < -0.39 is 11.4 Å². The Hall–Kier alpha value is -0.770. The van der Waals surface area contributed by atoms with Crippen LogP contribution in [0.5, 0.6) is 0 Å². The molecule has 0 spiro atoms. The third-order valence-electron chi connectivity index (χ3n) is 2.18. The first-order chi connectivity index (χ1) is 6.17. The zero-order chi connectivity index (χ0) is 9.90. The van der Waals surface area contributed by atoms with Crippen molar-refractivity contribution in [1.82, 2.24) is 0 Å². The molecule has 1 atom stereocenters. The zero-order valence-electron chi connectivity index (χ0n) is 7.54. The molecule has 0 bridgehead atoms. The van der Waals surface area contributed by atoms with E-state index in [1.165, 1.54) is 18.9 Å². The van der Waals surface area contributed by atoms with Gasteiger partial charge in [0.05, 0.1) is 12.9 Å². The molecule has 1 aliphatic heterocycles. The number of hydrogen-bond donors (Lipinski definition) is 0. The molecular formula is C9H12O3S. The molecule has 0 amide bonds. The maximum atomic E-state index is 11.5. The summed E-state index contributed by atoms with van der Waals surface area (Å²) in [5.41, 5.74) is -0.943. The van der Waals surface area contributed by atoms with Crippen LogP contribution in [0.25, 0.3) is 0 Å². The van der Waals surface area contributed by atoms with E-state index in [9.17, 15) is 9.59 Å². The summed E-state index contributed by atoms with van der Waals surface area (Å²) >= 11 is 1.47. The van der Waals surface area contributed by atoms with Gasteiger partial charge in [-0.15, -0.1) is 6.58 Å². The van der Waals surface area contributed by atoms with E-state index in [1.54, 1.807) is 6.08 Å². The van der Waals surface area contributed by atoms with Crippen molar-refractivity contribution in [2.75, 3.05) is 18.6 Å². The zero-order valence-corrected chi connectivity index (χ0v) is 8.36. The standard InChI is InChI=1S/C9H12O3S/c1-3-4-9(8(11)12-2)6-13-5-7(9)10/h3H,1,4-6H2,2H3. The van der Waals surface area contributed by atoms with Gasteiger partial charge in [0, 0.05) is 5.75 Å². The molecule has 0 N–H and O–H groups in total. The van der Waals surface area contributed by atoms with Crippen molar-refractivity contribution in [3.63, 3.8) is 0 Å². The third kappa shape index (κ3) is 1.63. The first kappa shape index (κ1) is 10.3. The van der Waals surface area contributed by atoms with Gasteiger partial charge in [-0.3, -0.25) is 9.59 Å². The average Bonchev–Trinajstić information content (AvgIpc) is 2.48. The van der Waals surface area contributed by atoms with Crippen LogP contribution in [0.2, 0.25) is 0 Å². The van der Waals surface area contributed by atoms with Crippen molar-refractivity contribution in [1.29, 1.82) is 0 Å². The smallest absolute Gasteiger partial charge is 0.320 e. The molecule has 0 aliphatic carbocycles. The topological polar surface area (TPSA) is 43.4 Å². The van der Waals surface area contributed by atoms with Gasteiger partial charge in [-0.1, -0.05) is 6.08 Å². The van der Waals surface area contributed by atoms with Gasteiger partial charge in [-0.25, -0.2) is 0 Å². The van der Waals surface area contributed by atoms with E-state index in [4.69, 9.17) is 0 Å². The molecule has 13 heavy (non-hydrogen) atoms. The molecule has 3 nitrogen and oxygen atoms in total. The Morgan fingerprint density at radius 1 is 1.85 bits per heavy atom. The van der Waals surface area contributed by atoms with Crippen molar-refractivity contribution in [3.05, 3.63) is 12.7 Å². The van der Waals surface area contributed by atoms with E-state index in [0.29, 0.717) is 17.9 Å². The molecule has 4 heteroatoms. The number of ether oxygens (including phenoxy) is 1. The van der Waals surface area contributed by atoms with E-state index in [1.807, 2.05) is 0 Å². The van der Waals surface area contributed by atoms with Crippen LogP contribution in [-0.2, 0) is 14.3 Å². The lowest BCUT2D eigenvalue weighted by molar-refractivity contribution is -0.155. The maximum absolute atomic E-state index is 11.5. The van der Waals surface area contributed by atoms with Gasteiger partial charge in [0.15, 0.2) is 5.78 Å². The number of Topliss-reactive ketones (excluding diaryl/α,β-unsaturated/α-hetero) is 1. The van der Waals surface area contributed by atoms with E-state index >= 15 is 0 Å². The van der Waals surface area contributed by atoms with Gasteiger partial charge in [-0.2, -0.15) is 11.8 Å². The molecule has 1 heterocycles. The Balaban J connectivity index is 2.92. The summed E-state index contributed by atoms with van der Waals surface area (Å²) in [7, 11) is 1.31. The number of thioether (sulfide) groups is 1. The Kier molecular flexibility index (Phi) is 3.14. The molecule has 72 valence electrons. The fraction of sp³-hybridized carbons (Fsp3) is 0.556. The monoisotopic (exact) mass is 200 g/mol. The number of carbonyl (C=O) groups excluding carboxylic acids is 2. The molecule has 0 aromatic rings. The van der Waals surface area contributed by atoms with Gasteiger partial charge < -0.3 is 4.74 Å². The number of methoxy groups -OCH3 is 1. The number of hydrogen-bond acceptors (Lipinski definition) is 4. The third-order valence-corrected chi connectivity index (χ3v) is 3.35. The molecule has 1 aliphatic rings. The number of carbonyl (C=O) groups is 2. The highest BCUT2D eigenvalue weighted by atomic mass is 32.2. The van der Waals surface area contributed by atoms with Gasteiger partial charge in [0.25, 0.3) is 0 Å². The van der Waals surface area contributed by atoms with Crippen LogP contribution in [0.4, 0.5) is 0 Å². The molecule has 0 saturated carbocycles. The normalized spacial score (nSPS) is 27.3. The van der Waals surface area contributed by atoms with Crippen LogP contribution < -0.4 is 0 Å². The molecule has 0 aromatic heterocycles. The second kappa shape index (κ2) is 3.96. The van der Waals surface area contributed by atoms with E-state index in [-0.39, 0.29) is 5.78 Å². The molecule has 0 radical (unpaired) electrons. The predicted octanol–water partition coefficient (Wildman–Crippen LogP) is 1.04. The Bertz CT molecular complexity index is 249. The van der Waals surface area contributed by atoms with Crippen molar-refractivity contribution < 1.29 is 14.3 Å². The number of allylic oxidation sites excluding steroid dienone is 1. The second-order valence-electron chi connectivity index (χ2n) is 2.98. The summed E-state index contributed by atoms with van der Waals surface area (Å²) < 4.78 is 4.64. The largest absolute Gasteiger partial charge is 0.468 e. The number of ketones is 1. The van der Waals surface area contributed by atoms with Crippen molar-refractivity contribution in [3.8, 4) is 0 Å². The van der Waals surface area contributed by atoms with Crippen LogP contribution in [0, 0.1) is 5.41 Å². The molecule has 0 aromatic carbocycles. The van der Waals surface area contributed by atoms with E-state index in [2.05, 4.69) is 11.3 Å². The quantitative estimate of drug-likeness (QED) is 0.388. The summed E-state index contributed by atoms with van der Waals surface area (Å²) in [5, 5.41) is 0. The van der Waals surface area contributed by atoms with Crippen molar-refractivity contribution in [2.45, 2.75) is 6.42 Å². The summed E-state index contributed by atoms with van der Waals surface area (Å²) in [4.78, 5) is 22.9. The maximum Gasteiger partial charge on any atom is 0.320 e. The van der Waals surface area contributed by atoms with Crippen LogP contribution in [0.15, 0.2) is 12.7 Å². The molecule has 1 saturated heterocycles. The van der Waals surface area contributed by atoms with Crippen LogP contribution in [0.1, 0.15) is 6.42 Å². The highest BCUT2D eigenvalue weighted by molar-refractivity contribution is 8.00. The molecule has 1 unspecified atom stereocenters. The highest BCUT2D eigenvalue weighted by Gasteiger charge is 2.49. The molecule has 1 rings (SSSR count). The lowest BCUT2D eigenvalue weighted by Crippen LogP contribution is -2.39. The lowest BCUT2D eigenvalue weighted by atomic mass is 9.83. The first-order valence-corrected chi connectivity index (χ1v) is 5.13. The Morgan fingerprint density at radius 3 is 2.92 bits per heavy atom. The summed E-state index contributed by atoms with van der Waals surface area (Å²) in [6.07, 6.45) is 1.98. The van der Waals surface area contributed by atoms with Crippen molar-refractivity contribution in [2.24, 2.45) is 5.41 Å². The number of esters is 1. The van der Waals surface area contributed by atoms with Gasteiger partial charge in [-0.05, 0) is 6.42 Å². The number of rotatable bonds is 3. The van der Waals surface area contributed by atoms with Gasteiger partial charge in [0.2, 0.25) is 0 Å². The highest BCUT2D eigenvalue weighted by Crippen LogP contribution is 2.37. The average molecular weight is 200 g/mol. The van der Waals surface area contributed by atoms with Crippen LogP contribution in [0.3, 0.4) is 0 Å². The molecule has 1 fully saturated rings. The SMILES string of the molecule is C=CCC1(C(=O)OC)CSCC1=O. The Labute approximate surface area is 81.5 Å². The summed E-state index contributed by atoms with van der Waals surface area (Å²) in [6, 6.07) is 0. The Morgan fingerprint density at radius 2 is 2.54 bits per heavy atom. The minimum absolute atomic E-state index is 0.0377. The predicted molar refractivity (Wildman–Crippen MR) is 51.6 cm³/mol. The summed E-state index contributed by atoms with van der Waals surface area (Å²) in [5.74, 6) is 0.458. The van der Waals surface area contributed by atoms with E-state index in [0.717, 1.165) is 0 Å². The van der Waals surface area contributed by atoms with Gasteiger partial charge >= 0.3 is 5.97 Å². The lowest BCUT2D eigenvalue weighted by Gasteiger charge is -2.21. The first-order valence-electron chi connectivity index (χ1n) is 3.98. The van der Waals surface area contributed by atoms with Crippen LogP contribution in [-0.4, -0.2) is 30.4 Å². The fourth-order valence-corrected chi connectivity index (χ4v) is 2.72. The molecular weight excluding hydrogens is 188 g/mol.